The lowest BCUT2D eigenvalue weighted by molar-refractivity contribution is -0.132. The van der Waals surface area contributed by atoms with E-state index in [4.69, 9.17) is 14.4 Å². The van der Waals surface area contributed by atoms with Crippen molar-refractivity contribution in [2.24, 2.45) is 0 Å². The van der Waals surface area contributed by atoms with Gasteiger partial charge in [-0.25, -0.2) is 4.79 Å². The standard InChI is InChI=1S/C21H22N2O4/c1-15-12-19(13-21(25)26-15)27-18-8-10-23(11-9-18)20(24)7-6-16-2-4-17(14-22)5-3-16/h2-5,12-13,18H,6-11H2,1H3. The van der Waals surface area contributed by atoms with E-state index in [1.54, 1.807) is 25.1 Å². The second kappa shape index (κ2) is 8.54. The molecule has 0 atom stereocenters. The van der Waals surface area contributed by atoms with Crippen LogP contribution in [0, 0.1) is 18.3 Å². The van der Waals surface area contributed by atoms with Gasteiger partial charge in [0.25, 0.3) is 0 Å². The molecule has 6 heteroatoms. The van der Waals surface area contributed by atoms with Gasteiger partial charge in [-0.05, 0) is 31.0 Å². The van der Waals surface area contributed by atoms with Crippen molar-refractivity contribution >= 4 is 5.91 Å². The van der Waals surface area contributed by atoms with Crippen LogP contribution < -0.4 is 10.4 Å². The molecular weight excluding hydrogens is 344 g/mol. The molecule has 0 spiro atoms. The first-order valence-corrected chi connectivity index (χ1v) is 9.09. The van der Waals surface area contributed by atoms with Crippen molar-refractivity contribution in [3.63, 3.8) is 0 Å². The lowest BCUT2D eigenvalue weighted by atomic mass is 10.0. The average molecular weight is 366 g/mol. The van der Waals surface area contributed by atoms with E-state index in [1.165, 1.54) is 6.07 Å². The number of benzene rings is 1. The number of aryl methyl sites for hydroxylation is 2. The maximum absolute atomic E-state index is 12.4. The number of carbonyl (C=O) groups excluding carboxylic acids is 1. The zero-order chi connectivity index (χ0) is 19.2. The van der Waals surface area contributed by atoms with Crippen molar-refractivity contribution in [3.05, 3.63) is 63.7 Å². The second-order valence-corrected chi connectivity index (χ2v) is 6.73. The summed E-state index contributed by atoms with van der Waals surface area (Å²) in [6.07, 6.45) is 2.59. The van der Waals surface area contributed by atoms with Gasteiger partial charge in [-0.3, -0.25) is 4.79 Å². The molecule has 0 saturated carbocycles. The zero-order valence-electron chi connectivity index (χ0n) is 15.3. The molecule has 2 heterocycles. The van der Waals surface area contributed by atoms with E-state index in [0.717, 1.165) is 18.4 Å². The highest BCUT2D eigenvalue weighted by Crippen LogP contribution is 2.19. The minimum Gasteiger partial charge on any atom is -0.490 e. The molecule has 1 saturated heterocycles. The Hall–Kier alpha value is -3.07. The lowest BCUT2D eigenvalue weighted by Crippen LogP contribution is -2.41. The van der Waals surface area contributed by atoms with Crippen LogP contribution in [0.25, 0.3) is 0 Å². The van der Waals surface area contributed by atoms with E-state index in [9.17, 15) is 9.59 Å². The summed E-state index contributed by atoms with van der Waals surface area (Å²) in [7, 11) is 0. The van der Waals surface area contributed by atoms with E-state index in [0.29, 0.717) is 43.0 Å². The third kappa shape index (κ3) is 5.20. The highest BCUT2D eigenvalue weighted by molar-refractivity contribution is 5.76. The van der Waals surface area contributed by atoms with Gasteiger partial charge < -0.3 is 14.1 Å². The maximum Gasteiger partial charge on any atom is 0.339 e. The molecule has 0 aliphatic carbocycles. The predicted molar refractivity (Wildman–Crippen MR) is 99.4 cm³/mol. The van der Waals surface area contributed by atoms with Gasteiger partial charge in [0.1, 0.15) is 17.6 Å². The van der Waals surface area contributed by atoms with Crippen molar-refractivity contribution in [2.75, 3.05) is 13.1 Å². The molecule has 1 fully saturated rings. The molecule has 1 amide bonds. The number of hydrogen-bond donors (Lipinski definition) is 0. The normalized spacial score (nSPS) is 14.6. The Balaban J connectivity index is 1.46. The number of rotatable bonds is 5. The number of nitriles is 1. The molecule has 6 nitrogen and oxygen atoms in total. The quantitative estimate of drug-likeness (QED) is 0.812. The number of nitrogens with zero attached hydrogens (tertiary/aromatic N) is 2. The van der Waals surface area contributed by atoms with Gasteiger partial charge in [0, 0.05) is 38.4 Å². The monoisotopic (exact) mass is 366 g/mol. The highest BCUT2D eigenvalue weighted by Gasteiger charge is 2.24. The Morgan fingerprint density at radius 2 is 1.96 bits per heavy atom. The summed E-state index contributed by atoms with van der Waals surface area (Å²) >= 11 is 0. The van der Waals surface area contributed by atoms with Crippen molar-refractivity contribution in [2.45, 2.75) is 38.7 Å². The average Bonchev–Trinajstić information content (AvgIpc) is 2.66. The van der Waals surface area contributed by atoms with Crippen molar-refractivity contribution in [3.8, 4) is 11.8 Å². The van der Waals surface area contributed by atoms with Crippen molar-refractivity contribution in [1.29, 1.82) is 5.26 Å². The van der Waals surface area contributed by atoms with E-state index >= 15 is 0 Å². The van der Waals surface area contributed by atoms with Crippen LogP contribution in [0.15, 0.2) is 45.6 Å². The van der Waals surface area contributed by atoms with E-state index < -0.39 is 5.63 Å². The van der Waals surface area contributed by atoms with E-state index in [1.807, 2.05) is 17.0 Å². The summed E-state index contributed by atoms with van der Waals surface area (Å²) in [6.45, 7) is 3.01. The minimum absolute atomic E-state index is 0.00576. The van der Waals surface area contributed by atoms with E-state index in [2.05, 4.69) is 6.07 Å². The van der Waals surface area contributed by atoms with Crippen LogP contribution in [0.5, 0.6) is 5.75 Å². The van der Waals surface area contributed by atoms with Crippen LogP contribution >= 0.6 is 0 Å². The Morgan fingerprint density at radius 1 is 1.26 bits per heavy atom. The van der Waals surface area contributed by atoms with Crippen LogP contribution in [-0.2, 0) is 11.2 Å². The molecular formula is C21H22N2O4. The van der Waals surface area contributed by atoms with Gasteiger partial charge in [-0.15, -0.1) is 0 Å². The van der Waals surface area contributed by atoms with E-state index in [-0.39, 0.29) is 12.0 Å². The molecule has 27 heavy (non-hydrogen) atoms. The minimum atomic E-state index is -0.416. The van der Waals surface area contributed by atoms with Crippen LogP contribution in [0.2, 0.25) is 0 Å². The van der Waals surface area contributed by atoms with Crippen LogP contribution in [0.4, 0.5) is 0 Å². The highest BCUT2D eigenvalue weighted by atomic mass is 16.5. The summed E-state index contributed by atoms with van der Waals surface area (Å²) in [6, 6.07) is 12.5. The first-order valence-electron chi connectivity index (χ1n) is 9.09. The fourth-order valence-corrected chi connectivity index (χ4v) is 3.21. The second-order valence-electron chi connectivity index (χ2n) is 6.73. The van der Waals surface area contributed by atoms with Crippen LogP contribution in [0.1, 0.15) is 36.1 Å². The third-order valence-electron chi connectivity index (χ3n) is 4.68. The Morgan fingerprint density at radius 3 is 2.59 bits per heavy atom. The molecule has 1 aromatic heterocycles. The number of amides is 1. The SMILES string of the molecule is Cc1cc(OC2CCN(C(=O)CCc3ccc(C#N)cc3)CC2)cc(=O)o1. The summed E-state index contributed by atoms with van der Waals surface area (Å²) in [5, 5.41) is 8.82. The largest absolute Gasteiger partial charge is 0.490 e. The van der Waals surface area contributed by atoms with Crippen LogP contribution in [-0.4, -0.2) is 30.0 Å². The number of likely N-dealkylation sites (tertiary alicyclic amines) is 1. The molecule has 3 rings (SSSR count). The fraction of sp³-hybridized carbons (Fsp3) is 0.381. The number of hydrogen-bond acceptors (Lipinski definition) is 5. The van der Waals surface area contributed by atoms with Crippen LogP contribution in [0.3, 0.4) is 0 Å². The molecule has 2 aromatic rings. The molecule has 0 N–H and O–H groups in total. The van der Waals surface area contributed by atoms with Gasteiger partial charge in [-0.2, -0.15) is 5.26 Å². The fourth-order valence-electron chi connectivity index (χ4n) is 3.21. The summed E-state index contributed by atoms with van der Waals surface area (Å²) < 4.78 is 10.8. The number of carbonyl (C=O) groups is 1. The van der Waals surface area contributed by atoms with Gasteiger partial charge in [0.05, 0.1) is 17.7 Å². The number of ether oxygens (including phenoxy) is 1. The molecule has 0 bridgehead atoms. The molecule has 1 aliphatic heterocycles. The maximum atomic E-state index is 12.4. The first kappa shape index (κ1) is 18.7. The molecule has 1 aliphatic rings. The Labute approximate surface area is 158 Å². The van der Waals surface area contributed by atoms with Crippen molar-refractivity contribution < 1.29 is 13.9 Å². The van der Waals surface area contributed by atoms with Gasteiger partial charge >= 0.3 is 5.63 Å². The van der Waals surface area contributed by atoms with Gasteiger partial charge in [0.2, 0.25) is 5.91 Å². The molecule has 0 radical (unpaired) electrons. The Kier molecular flexibility index (Phi) is 5.92. The van der Waals surface area contributed by atoms with Gasteiger partial charge in [0.15, 0.2) is 0 Å². The van der Waals surface area contributed by atoms with Crippen molar-refractivity contribution in [1.82, 2.24) is 4.90 Å². The zero-order valence-corrected chi connectivity index (χ0v) is 15.3. The first-order chi connectivity index (χ1) is 13.0. The Bertz CT molecular complexity index is 888. The van der Waals surface area contributed by atoms with Gasteiger partial charge in [-0.1, -0.05) is 12.1 Å². The summed E-state index contributed by atoms with van der Waals surface area (Å²) in [5.41, 5.74) is 1.26. The third-order valence-corrected chi connectivity index (χ3v) is 4.68. The smallest absolute Gasteiger partial charge is 0.339 e. The lowest BCUT2D eigenvalue weighted by Gasteiger charge is -2.32. The molecule has 1 aromatic carbocycles. The molecule has 0 unspecified atom stereocenters. The number of piperidine rings is 1. The summed E-state index contributed by atoms with van der Waals surface area (Å²) in [5.74, 6) is 1.18. The topological polar surface area (TPSA) is 83.5 Å². The predicted octanol–water partition coefficient (Wildman–Crippen LogP) is 2.82. The molecule has 140 valence electrons. The summed E-state index contributed by atoms with van der Waals surface area (Å²) in [4.78, 5) is 25.7.